The average Bonchev–Trinajstić information content (AvgIpc) is 2.14. The molecule has 0 N–H and O–H groups in total. The minimum atomic E-state index is 0.570. The number of carbonyl (C=O) groups is 1. The fourth-order valence-electron chi connectivity index (χ4n) is 1.26. The Labute approximate surface area is 73.9 Å². The van der Waals surface area contributed by atoms with Crippen molar-refractivity contribution in [3.8, 4) is 11.8 Å². The van der Waals surface area contributed by atoms with Gasteiger partial charge in [0, 0.05) is 12.8 Å². The molecule has 0 atom stereocenters. The van der Waals surface area contributed by atoms with E-state index in [0.29, 0.717) is 12.8 Å². The molecule has 0 spiro atoms. The van der Waals surface area contributed by atoms with Gasteiger partial charge in [-0.2, -0.15) is 0 Å². The molecule has 1 aliphatic carbocycles. The van der Waals surface area contributed by atoms with Gasteiger partial charge in [0.1, 0.15) is 6.29 Å². The van der Waals surface area contributed by atoms with Gasteiger partial charge in [-0.05, 0) is 31.3 Å². The van der Waals surface area contributed by atoms with Crippen molar-refractivity contribution in [1.29, 1.82) is 0 Å². The Balaban J connectivity index is 2.30. The molecule has 12 heavy (non-hydrogen) atoms. The van der Waals surface area contributed by atoms with Crippen LogP contribution in [0, 0.1) is 11.8 Å². The maximum atomic E-state index is 9.97. The van der Waals surface area contributed by atoms with Gasteiger partial charge in [0.05, 0.1) is 0 Å². The van der Waals surface area contributed by atoms with Crippen LogP contribution >= 0.6 is 0 Å². The molecule has 0 bridgehead atoms. The van der Waals surface area contributed by atoms with Crippen molar-refractivity contribution in [3.63, 3.8) is 0 Å². The van der Waals surface area contributed by atoms with Crippen LogP contribution < -0.4 is 0 Å². The Morgan fingerprint density at radius 3 is 3.08 bits per heavy atom. The van der Waals surface area contributed by atoms with Crippen molar-refractivity contribution in [2.75, 3.05) is 0 Å². The van der Waals surface area contributed by atoms with E-state index >= 15 is 0 Å². The zero-order valence-electron chi connectivity index (χ0n) is 7.31. The van der Waals surface area contributed by atoms with Crippen molar-refractivity contribution in [3.05, 3.63) is 11.6 Å². The Kier molecular flexibility index (Phi) is 4.23. The van der Waals surface area contributed by atoms with E-state index in [-0.39, 0.29) is 0 Å². The van der Waals surface area contributed by atoms with E-state index in [0.717, 1.165) is 12.7 Å². The summed E-state index contributed by atoms with van der Waals surface area (Å²) < 4.78 is 0. The maximum absolute atomic E-state index is 9.97. The van der Waals surface area contributed by atoms with Crippen LogP contribution in [-0.2, 0) is 4.79 Å². The zero-order chi connectivity index (χ0) is 8.65. The van der Waals surface area contributed by atoms with Gasteiger partial charge in [0.25, 0.3) is 0 Å². The highest BCUT2D eigenvalue weighted by Gasteiger charge is 1.98. The molecule has 0 aromatic heterocycles. The van der Waals surface area contributed by atoms with Gasteiger partial charge in [-0.1, -0.05) is 17.9 Å². The van der Waals surface area contributed by atoms with E-state index < -0.39 is 0 Å². The van der Waals surface area contributed by atoms with E-state index in [1.807, 2.05) is 0 Å². The number of unbranched alkanes of at least 4 members (excludes halogenated alkanes) is 1. The van der Waals surface area contributed by atoms with Gasteiger partial charge >= 0.3 is 0 Å². The van der Waals surface area contributed by atoms with E-state index in [2.05, 4.69) is 17.9 Å². The Morgan fingerprint density at radius 2 is 2.42 bits per heavy atom. The summed E-state index contributed by atoms with van der Waals surface area (Å²) in [5.41, 5.74) is 1.27. The largest absolute Gasteiger partial charge is 0.303 e. The predicted molar refractivity (Wildman–Crippen MR) is 49.6 cm³/mol. The highest BCUT2D eigenvalue weighted by atomic mass is 16.1. The molecule has 0 unspecified atom stereocenters. The smallest absolute Gasteiger partial charge is 0.120 e. The van der Waals surface area contributed by atoms with Crippen molar-refractivity contribution in [2.45, 2.75) is 38.5 Å². The van der Waals surface area contributed by atoms with Crippen molar-refractivity contribution in [2.24, 2.45) is 0 Å². The van der Waals surface area contributed by atoms with Crippen LogP contribution in [0.4, 0.5) is 0 Å². The lowest BCUT2D eigenvalue weighted by Gasteiger charge is -2.05. The fourth-order valence-corrected chi connectivity index (χ4v) is 1.26. The molecule has 0 saturated carbocycles. The van der Waals surface area contributed by atoms with Gasteiger partial charge in [0.15, 0.2) is 0 Å². The van der Waals surface area contributed by atoms with Gasteiger partial charge in [-0.25, -0.2) is 0 Å². The third-order valence-electron chi connectivity index (χ3n) is 1.93. The molecule has 1 rings (SSSR count). The summed E-state index contributed by atoms with van der Waals surface area (Å²) in [7, 11) is 0. The first-order valence-electron chi connectivity index (χ1n) is 4.55. The lowest BCUT2D eigenvalue weighted by molar-refractivity contribution is -0.107. The normalized spacial score (nSPS) is 15.8. The molecule has 64 valence electrons. The number of aldehydes is 1. The average molecular weight is 162 g/mol. The van der Waals surface area contributed by atoms with Crippen LogP contribution in [0.2, 0.25) is 0 Å². The van der Waals surface area contributed by atoms with Crippen LogP contribution in [0.5, 0.6) is 0 Å². The van der Waals surface area contributed by atoms with Crippen LogP contribution in [0.1, 0.15) is 38.5 Å². The van der Waals surface area contributed by atoms with Gasteiger partial charge in [-0.3, -0.25) is 0 Å². The lowest BCUT2D eigenvalue weighted by Crippen LogP contribution is -1.88. The Hall–Kier alpha value is -1.03. The van der Waals surface area contributed by atoms with Crippen molar-refractivity contribution >= 4 is 6.29 Å². The number of carbonyl (C=O) groups excluding carboxylic acids is 1. The molecule has 0 heterocycles. The minimum absolute atomic E-state index is 0.570. The molecular weight excluding hydrogens is 148 g/mol. The SMILES string of the molecule is O=CCCC#CC1=CCCCC1. The molecule has 1 aliphatic rings. The molecule has 0 amide bonds. The molecule has 0 fully saturated rings. The Morgan fingerprint density at radius 1 is 1.50 bits per heavy atom. The van der Waals surface area contributed by atoms with Crippen LogP contribution in [0.3, 0.4) is 0 Å². The topological polar surface area (TPSA) is 17.1 Å². The number of rotatable bonds is 2. The van der Waals surface area contributed by atoms with Crippen LogP contribution in [-0.4, -0.2) is 6.29 Å². The summed E-state index contributed by atoms with van der Waals surface area (Å²) >= 11 is 0. The zero-order valence-corrected chi connectivity index (χ0v) is 7.31. The van der Waals surface area contributed by atoms with E-state index in [1.54, 1.807) is 0 Å². The fraction of sp³-hybridized carbons (Fsp3) is 0.545. The number of hydrogen-bond donors (Lipinski definition) is 0. The standard InChI is InChI=1S/C11H14O/c12-10-6-2-5-9-11-7-3-1-4-8-11/h7,10H,1-4,6,8H2. The number of hydrogen-bond acceptors (Lipinski definition) is 1. The molecule has 0 radical (unpaired) electrons. The maximum Gasteiger partial charge on any atom is 0.120 e. The van der Waals surface area contributed by atoms with Gasteiger partial charge < -0.3 is 4.79 Å². The molecule has 1 nitrogen and oxygen atoms in total. The molecule has 0 saturated heterocycles. The minimum Gasteiger partial charge on any atom is -0.303 e. The summed E-state index contributed by atoms with van der Waals surface area (Å²) in [5, 5.41) is 0. The molecular formula is C11H14O. The summed E-state index contributed by atoms with van der Waals surface area (Å²) in [6.07, 6.45) is 9.31. The second-order valence-electron chi connectivity index (χ2n) is 2.98. The first-order chi connectivity index (χ1) is 5.93. The van der Waals surface area contributed by atoms with Crippen molar-refractivity contribution in [1.82, 2.24) is 0 Å². The van der Waals surface area contributed by atoms with Crippen LogP contribution in [0.15, 0.2) is 11.6 Å². The van der Waals surface area contributed by atoms with Gasteiger partial charge in [-0.15, -0.1) is 0 Å². The molecule has 0 aliphatic heterocycles. The van der Waals surface area contributed by atoms with Crippen molar-refractivity contribution < 1.29 is 4.79 Å². The second-order valence-corrected chi connectivity index (χ2v) is 2.98. The molecule has 1 heteroatoms. The van der Waals surface area contributed by atoms with E-state index in [9.17, 15) is 4.79 Å². The summed E-state index contributed by atoms with van der Waals surface area (Å²) in [6.45, 7) is 0. The van der Waals surface area contributed by atoms with Gasteiger partial charge in [0.2, 0.25) is 0 Å². The van der Waals surface area contributed by atoms with E-state index in [1.165, 1.54) is 24.8 Å². The lowest BCUT2D eigenvalue weighted by atomic mass is 10.00. The third-order valence-corrected chi connectivity index (χ3v) is 1.93. The molecule has 0 aromatic carbocycles. The van der Waals surface area contributed by atoms with Crippen LogP contribution in [0.25, 0.3) is 0 Å². The Bertz CT molecular complexity index is 227. The third kappa shape index (κ3) is 3.39. The molecule has 0 aromatic rings. The van der Waals surface area contributed by atoms with E-state index in [4.69, 9.17) is 0 Å². The summed E-state index contributed by atoms with van der Waals surface area (Å²) in [6, 6.07) is 0. The second kappa shape index (κ2) is 5.60. The predicted octanol–water partition coefficient (Wildman–Crippen LogP) is 2.47. The highest BCUT2D eigenvalue weighted by molar-refractivity contribution is 5.50. The first-order valence-corrected chi connectivity index (χ1v) is 4.55. The first kappa shape index (κ1) is 9.06. The number of allylic oxidation sites excluding steroid dienone is 2. The summed E-state index contributed by atoms with van der Waals surface area (Å²) in [5.74, 6) is 6.12. The monoisotopic (exact) mass is 162 g/mol. The summed E-state index contributed by atoms with van der Waals surface area (Å²) in [4.78, 5) is 9.97. The quantitative estimate of drug-likeness (QED) is 0.346. The highest BCUT2D eigenvalue weighted by Crippen LogP contribution is 2.15.